The molecular formula is C51H35N3. The van der Waals surface area contributed by atoms with Crippen LogP contribution in [0.4, 0.5) is 0 Å². The summed E-state index contributed by atoms with van der Waals surface area (Å²) < 4.78 is 0. The van der Waals surface area contributed by atoms with Crippen LogP contribution in [0.5, 0.6) is 0 Å². The number of hydrogen-bond acceptors (Lipinski definition) is 3. The molecule has 1 aliphatic heterocycles. The second kappa shape index (κ2) is 13.5. The molecule has 54 heavy (non-hydrogen) atoms. The summed E-state index contributed by atoms with van der Waals surface area (Å²) in [5, 5.41) is 7.07. The lowest BCUT2D eigenvalue weighted by atomic mass is 9.88. The highest BCUT2D eigenvalue weighted by Gasteiger charge is 2.20. The van der Waals surface area contributed by atoms with E-state index in [0.717, 1.165) is 50.8 Å². The Labute approximate surface area is 314 Å². The molecule has 0 spiro atoms. The molecule has 0 saturated carbocycles. The smallest absolute Gasteiger partial charge is 0.161 e. The first-order valence-electron chi connectivity index (χ1n) is 18.5. The van der Waals surface area contributed by atoms with E-state index in [1.165, 1.54) is 43.8 Å². The van der Waals surface area contributed by atoms with E-state index >= 15 is 0 Å². The van der Waals surface area contributed by atoms with Crippen molar-refractivity contribution in [2.75, 3.05) is 0 Å². The predicted octanol–water partition coefficient (Wildman–Crippen LogP) is 13.3. The molecule has 254 valence electrons. The minimum absolute atomic E-state index is 0.229. The third kappa shape index (κ3) is 5.77. The Hall–Kier alpha value is -6.97. The van der Waals surface area contributed by atoms with Crippen molar-refractivity contribution in [3.8, 4) is 56.2 Å². The van der Waals surface area contributed by atoms with Crippen LogP contribution in [-0.4, -0.2) is 16.2 Å². The highest BCUT2D eigenvalue weighted by molar-refractivity contribution is 6.20. The first-order chi connectivity index (χ1) is 26.8. The number of allylic oxidation sites excluding steroid dienone is 1. The van der Waals surface area contributed by atoms with E-state index in [1.54, 1.807) is 0 Å². The molecule has 0 aliphatic carbocycles. The van der Waals surface area contributed by atoms with Crippen molar-refractivity contribution < 1.29 is 0 Å². The fourth-order valence-corrected chi connectivity index (χ4v) is 8.00. The molecule has 2 heterocycles. The average molecular weight is 690 g/mol. The van der Waals surface area contributed by atoms with Crippen molar-refractivity contribution in [2.24, 2.45) is 4.99 Å². The van der Waals surface area contributed by atoms with Crippen molar-refractivity contribution in [2.45, 2.75) is 12.3 Å². The number of rotatable bonds is 6. The Morgan fingerprint density at radius 1 is 0.407 bits per heavy atom. The monoisotopic (exact) mass is 689 g/mol. The topological polar surface area (TPSA) is 38.1 Å². The number of fused-ring (bicyclic) bond motifs is 3. The van der Waals surface area contributed by atoms with Gasteiger partial charge in [0.25, 0.3) is 0 Å². The largest absolute Gasteiger partial charge is 0.269 e. The zero-order chi connectivity index (χ0) is 35.8. The quantitative estimate of drug-likeness (QED) is 0.163. The normalized spacial score (nSPS) is 13.9. The first kappa shape index (κ1) is 31.7. The molecular weight excluding hydrogens is 655 g/mol. The van der Waals surface area contributed by atoms with E-state index in [1.807, 2.05) is 12.4 Å². The van der Waals surface area contributed by atoms with E-state index in [9.17, 15) is 0 Å². The van der Waals surface area contributed by atoms with Crippen molar-refractivity contribution in [1.29, 1.82) is 0 Å². The van der Waals surface area contributed by atoms with E-state index in [4.69, 9.17) is 9.97 Å². The second-order valence-electron chi connectivity index (χ2n) is 14.0. The van der Waals surface area contributed by atoms with Gasteiger partial charge in [-0.05, 0) is 90.8 Å². The molecule has 9 aromatic rings. The second-order valence-corrected chi connectivity index (χ2v) is 14.0. The van der Waals surface area contributed by atoms with Crippen LogP contribution in [0.3, 0.4) is 0 Å². The average Bonchev–Trinajstić information content (AvgIpc) is 3.26. The Morgan fingerprint density at radius 2 is 0.981 bits per heavy atom. The molecule has 0 bridgehead atoms. The highest BCUT2D eigenvalue weighted by Crippen LogP contribution is 2.43. The number of benzene rings is 8. The fraction of sp³-hybridized carbons (Fsp3) is 0.0392. The van der Waals surface area contributed by atoms with Gasteiger partial charge in [0.05, 0.1) is 11.4 Å². The van der Waals surface area contributed by atoms with Crippen LogP contribution in [0.1, 0.15) is 17.9 Å². The molecule has 0 amide bonds. The van der Waals surface area contributed by atoms with Crippen LogP contribution >= 0.6 is 0 Å². The van der Waals surface area contributed by atoms with E-state index < -0.39 is 0 Å². The van der Waals surface area contributed by atoms with Crippen LogP contribution in [0.25, 0.3) is 88.5 Å². The molecule has 0 fully saturated rings. The van der Waals surface area contributed by atoms with Gasteiger partial charge >= 0.3 is 0 Å². The summed E-state index contributed by atoms with van der Waals surface area (Å²) in [5.41, 5.74) is 10.9. The Bertz CT molecular complexity index is 2870. The molecule has 1 aliphatic rings. The highest BCUT2D eigenvalue weighted by atomic mass is 14.9. The molecule has 10 rings (SSSR count). The lowest BCUT2D eigenvalue weighted by molar-refractivity contribution is 0.909. The maximum Gasteiger partial charge on any atom is 0.161 e. The number of hydrogen-bond donors (Lipinski definition) is 0. The van der Waals surface area contributed by atoms with Gasteiger partial charge in [0.2, 0.25) is 0 Å². The van der Waals surface area contributed by atoms with Crippen LogP contribution < -0.4 is 0 Å². The molecule has 1 atom stereocenters. The van der Waals surface area contributed by atoms with Crippen LogP contribution in [-0.2, 0) is 0 Å². The van der Waals surface area contributed by atoms with Gasteiger partial charge in [-0.2, -0.15) is 0 Å². The molecule has 3 heteroatoms. The zero-order valence-electron chi connectivity index (χ0n) is 29.6. The Kier molecular flexibility index (Phi) is 7.96. The van der Waals surface area contributed by atoms with Crippen molar-refractivity contribution in [3.05, 3.63) is 194 Å². The van der Waals surface area contributed by atoms with Gasteiger partial charge in [0.15, 0.2) is 5.82 Å². The summed E-state index contributed by atoms with van der Waals surface area (Å²) in [4.78, 5) is 15.4. The minimum Gasteiger partial charge on any atom is -0.269 e. The summed E-state index contributed by atoms with van der Waals surface area (Å²) in [7, 11) is 0. The molecule has 8 aromatic carbocycles. The van der Waals surface area contributed by atoms with Crippen LogP contribution in [0, 0.1) is 0 Å². The third-order valence-corrected chi connectivity index (χ3v) is 10.6. The van der Waals surface area contributed by atoms with Crippen LogP contribution in [0.2, 0.25) is 0 Å². The lowest BCUT2D eigenvalue weighted by Gasteiger charge is -2.18. The third-order valence-electron chi connectivity index (χ3n) is 10.6. The molecule has 3 nitrogen and oxygen atoms in total. The first-order valence-corrected chi connectivity index (χ1v) is 18.5. The molecule has 1 unspecified atom stereocenters. The predicted molar refractivity (Wildman–Crippen MR) is 227 cm³/mol. The maximum absolute atomic E-state index is 5.46. The van der Waals surface area contributed by atoms with E-state index in [-0.39, 0.29) is 5.92 Å². The van der Waals surface area contributed by atoms with E-state index in [2.05, 4.69) is 187 Å². The van der Waals surface area contributed by atoms with Crippen molar-refractivity contribution in [3.63, 3.8) is 0 Å². The molecule has 0 N–H and O–H groups in total. The van der Waals surface area contributed by atoms with Gasteiger partial charge in [-0.3, -0.25) is 4.99 Å². The molecule has 1 aromatic heterocycles. The van der Waals surface area contributed by atoms with E-state index in [0.29, 0.717) is 5.82 Å². The minimum atomic E-state index is 0.229. The van der Waals surface area contributed by atoms with Crippen LogP contribution in [0.15, 0.2) is 193 Å². The number of nitrogens with zero attached hydrogens (tertiary/aromatic N) is 3. The van der Waals surface area contributed by atoms with Crippen molar-refractivity contribution in [1.82, 2.24) is 9.97 Å². The van der Waals surface area contributed by atoms with Crippen molar-refractivity contribution >= 4 is 38.5 Å². The summed E-state index contributed by atoms with van der Waals surface area (Å²) in [5.74, 6) is 0.936. The standard InChI is InChI=1S/C51H35N3/c1-2-14-35(15-3-1)49-43-22-6-8-24-45(43)50(46-25-9-7-23-44(46)49)51-53-47(32-48(54-51)41-20-11-18-38(31-41)42-21-12-28-52-33-42)40-19-10-17-37(30-40)39-27-26-34-13-4-5-16-36(34)29-39/h1-20,22-33,42H,21H2. The van der Waals surface area contributed by atoms with Gasteiger partial charge in [0, 0.05) is 35.0 Å². The SMILES string of the molecule is C1=CN=CC(c2cccc(-c3cc(-c4cccc(-c5ccc6ccccc6c5)c4)nc(-c4c5ccccc5c(-c5ccccc5)c5ccccc45)n3)c2)C1. The maximum atomic E-state index is 5.46. The Balaban J connectivity index is 1.21. The molecule has 0 saturated heterocycles. The summed E-state index contributed by atoms with van der Waals surface area (Å²) in [6.45, 7) is 0. The van der Waals surface area contributed by atoms with Gasteiger partial charge in [0.1, 0.15) is 0 Å². The number of aromatic nitrogens is 2. The van der Waals surface area contributed by atoms with Gasteiger partial charge < -0.3 is 0 Å². The fourth-order valence-electron chi connectivity index (χ4n) is 8.00. The summed E-state index contributed by atoms with van der Waals surface area (Å²) in [6.07, 6.45) is 6.99. The van der Waals surface area contributed by atoms with Gasteiger partial charge in [-0.1, -0.05) is 158 Å². The van der Waals surface area contributed by atoms with Gasteiger partial charge in [-0.25, -0.2) is 9.97 Å². The zero-order valence-corrected chi connectivity index (χ0v) is 29.6. The summed E-state index contributed by atoms with van der Waals surface area (Å²) >= 11 is 0. The number of aliphatic imine (C=N–C) groups is 1. The lowest BCUT2D eigenvalue weighted by Crippen LogP contribution is -2.02. The molecule has 0 radical (unpaired) electrons. The van der Waals surface area contributed by atoms with Gasteiger partial charge in [-0.15, -0.1) is 0 Å². The summed E-state index contributed by atoms with van der Waals surface area (Å²) in [6, 6.07) is 63.0. The Morgan fingerprint density at radius 3 is 1.69 bits per heavy atom.